The van der Waals surface area contributed by atoms with E-state index in [1.807, 2.05) is 33.8 Å². The molecule has 6 nitrogen and oxygen atoms in total. The van der Waals surface area contributed by atoms with E-state index in [2.05, 4.69) is 14.9 Å². The SMILES string of the molecule is CC.CC.Nc1ncc2c(n1)CCN(c1cccc(C(=O)O)c1)C2. The van der Waals surface area contributed by atoms with Crippen molar-refractivity contribution in [2.45, 2.75) is 40.7 Å². The van der Waals surface area contributed by atoms with Crippen LogP contribution in [-0.4, -0.2) is 27.6 Å². The van der Waals surface area contributed by atoms with Gasteiger partial charge >= 0.3 is 5.97 Å². The minimum Gasteiger partial charge on any atom is -0.478 e. The van der Waals surface area contributed by atoms with Gasteiger partial charge in [0.1, 0.15) is 0 Å². The first-order chi connectivity index (χ1) is 11.6. The van der Waals surface area contributed by atoms with Crippen molar-refractivity contribution in [3.05, 3.63) is 47.3 Å². The van der Waals surface area contributed by atoms with Crippen LogP contribution in [0.25, 0.3) is 0 Å². The summed E-state index contributed by atoms with van der Waals surface area (Å²) in [5.74, 6) is -0.620. The summed E-state index contributed by atoms with van der Waals surface area (Å²) >= 11 is 0. The molecule has 0 saturated carbocycles. The number of hydrogen-bond donors (Lipinski definition) is 2. The predicted molar refractivity (Wildman–Crippen MR) is 97.3 cm³/mol. The number of carboxylic acid groups (broad SMARTS) is 1. The zero-order valence-electron chi connectivity index (χ0n) is 14.8. The van der Waals surface area contributed by atoms with Gasteiger partial charge in [0.25, 0.3) is 0 Å². The number of aromatic carboxylic acids is 1. The standard InChI is InChI=1S/C14H14N4O2.2C2H6/c15-14-16-7-10-8-18(5-4-12(10)17-14)11-3-1-2-9(6-11)13(19)20;2*1-2/h1-3,6-7H,4-5,8H2,(H,19,20)(H2,15,16,17);2*1-2H3. The Bertz CT molecular complexity index is 674. The molecule has 1 aromatic carbocycles. The first-order valence-corrected chi connectivity index (χ1v) is 8.32. The zero-order chi connectivity index (χ0) is 18.1. The van der Waals surface area contributed by atoms with Crippen molar-refractivity contribution in [1.82, 2.24) is 9.97 Å². The van der Waals surface area contributed by atoms with E-state index in [1.54, 1.807) is 24.4 Å². The second kappa shape index (κ2) is 9.50. The Hall–Kier alpha value is -2.63. The third-order valence-corrected chi connectivity index (χ3v) is 3.41. The maximum atomic E-state index is 11.0. The minimum atomic E-state index is -0.916. The van der Waals surface area contributed by atoms with Crippen molar-refractivity contribution in [1.29, 1.82) is 0 Å². The van der Waals surface area contributed by atoms with Crippen molar-refractivity contribution in [3.63, 3.8) is 0 Å². The van der Waals surface area contributed by atoms with Gasteiger partial charge in [0.15, 0.2) is 0 Å². The highest BCUT2D eigenvalue weighted by molar-refractivity contribution is 5.88. The van der Waals surface area contributed by atoms with Crippen LogP contribution in [0.5, 0.6) is 0 Å². The summed E-state index contributed by atoms with van der Waals surface area (Å²) < 4.78 is 0. The van der Waals surface area contributed by atoms with Gasteiger partial charge in [-0.15, -0.1) is 0 Å². The van der Waals surface area contributed by atoms with E-state index in [0.717, 1.165) is 29.9 Å². The van der Waals surface area contributed by atoms with Crippen LogP contribution >= 0.6 is 0 Å². The number of anilines is 2. The molecule has 3 N–H and O–H groups in total. The topological polar surface area (TPSA) is 92.3 Å². The van der Waals surface area contributed by atoms with Crippen molar-refractivity contribution in [2.24, 2.45) is 0 Å². The Labute approximate surface area is 143 Å². The van der Waals surface area contributed by atoms with Gasteiger partial charge in [0.2, 0.25) is 5.95 Å². The highest BCUT2D eigenvalue weighted by atomic mass is 16.4. The first kappa shape index (κ1) is 19.4. The van der Waals surface area contributed by atoms with E-state index >= 15 is 0 Å². The Kier molecular flexibility index (Phi) is 7.68. The molecule has 1 aliphatic heterocycles. The molecular weight excluding hydrogens is 304 g/mol. The summed E-state index contributed by atoms with van der Waals surface area (Å²) in [5.41, 5.74) is 8.78. The van der Waals surface area contributed by atoms with Gasteiger partial charge in [-0.2, -0.15) is 0 Å². The Morgan fingerprint density at radius 1 is 1.25 bits per heavy atom. The van der Waals surface area contributed by atoms with Crippen LogP contribution in [0.2, 0.25) is 0 Å². The van der Waals surface area contributed by atoms with Gasteiger partial charge in [-0.05, 0) is 18.2 Å². The number of hydrogen-bond acceptors (Lipinski definition) is 5. The van der Waals surface area contributed by atoms with Crippen LogP contribution in [0.3, 0.4) is 0 Å². The number of fused-ring (bicyclic) bond motifs is 1. The van der Waals surface area contributed by atoms with E-state index in [4.69, 9.17) is 10.8 Å². The Balaban J connectivity index is 0.000000671. The number of carbonyl (C=O) groups is 1. The monoisotopic (exact) mass is 330 g/mol. The van der Waals surface area contributed by atoms with Crippen LogP contribution in [0.1, 0.15) is 49.3 Å². The lowest BCUT2D eigenvalue weighted by Gasteiger charge is -2.30. The molecule has 2 heterocycles. The Morgan fingerprint density at radius 2 is 1.96 bits per heavy atom. The van der Waals surface area contributed by atoms with Gasteiger partial charge in [0, 0.05) is 37.0 Å². The van der Waals surface area contributed by atoms with Crippen LogP contribution in [0.4, 0.5) is 11.6 Å². The summed E-state index contributed by atoms with van der Waals surface area (Å²) in [6.45, 7) is 9.45. The molecule has 0 unspecified atom stereocenters. The fourth-order valence-electron chi connectivity index (χ4n) is 2.39. The molecule has 6 heteroatoms. The lowest BCUT2D eigenvalue weighted by molar-refractivity contribution is 0.0697. The molecule has 0 atom stereocenters. The fraction of sp³-hybridized carbons (Fsp3) is 0.389. The van der Waals surface area contributed by atoms with E-state index in [0.29, 0.717) is 18.1 Å². The molecule has 130 valence electrons. The quantitative estimate of drug-likeness (QED) is 0.877. The van der Waals surface area contributed by atoms with Crippen molar-refractivity contribution in [2.75, 3.05) is 17.2 Å². The molecule has 2 aromatic rings. The zero-order valence-corrected chi connectivity index (χ0v) is 14.8. The summed E-state index contributed by atoms with van der Waals surface area (Å²) in [7, 11) is 0. The fourth-order valence-corrected chi connectivity index (χ4v) is 2.39. The van der Waals surface area contributed by atoms with E-state index in [9.17, 15) is 4.79 Å². The van der Waals surface area contributed by atoms with Gasteiger partial charge in [-0.3, -0.25) is 0 Å². The van der Waals surface area contributed by atoms with E-state index < -0.39 is 5.97 Å². The minimum absolute atomic E-state index is 0.293. The third-order valence-electron chi connectivity index (χ3n) is 3.41. The molecule has 3 rings (SSSR count). The van der Waals surface area contributed by atoms with E-state index in [1.165, 1.54) is 0 Å². The molecule has 0 fully saturated rings. The maximum absolute atomic E-state index is 11.0. The number of nitrogen functional groups attached to an aromatic ring is 1. The number of nitrogens with two attached hydrogens (primary N) is 1. The van der Waals surface area contributed by atoms with Crippen LogP contribution in [0, 0.1) is 0 Å². The molecule has 1 aliphatic rings. The first-order valence-electron chi connectivity index (χ1n) is 8.32. The molecular formula is C18H26N4O2. The summed E-state index contributed by atoms with van der Waals surface area (Å²) in [6, 6.07) is 6.95. The summed E-state index contributed by atoms with van der Waals surface area (Å²) in [4.78, 5) is 21.4. The molecule has 0 saturated heterocycles. The lowest BCUT2D eigenvalue weighted by atomic mass is 10.1. The van der Waals surface area contributed by atoms with Gasteiger partial charge in [-0.1, -0.05) is 33.8 Å². The predicted octanol–water partition coefficient (Wildman–Crippen LogP) is 3.37. The average molecular weight is 330 g/mol. The van der Waals surface area contributed by atoms with Crippen LogP contribution in [-0.2, 0) is 13.0 Å². The lowest BCUT2D eigenvalue weighted by Crippen LogP contribution is -2.31. The van der Waals surface area contributed by atoms with Crippen LogP contribution < -0.4 is 10.6 Å². The Morgan fingerprint density at radius 3 is 2.62 bits per heavy atom. The molecule has 0 radical (unpaired) electrons. The smallest absolute Gasteiger partial charge is 0.335 e. The van der Waals surface area contributed by atoms with Crippen LogP contribution in [0.15, 0.2) is 30.5 Å². The second-order valence-electron chi connectivity index (χ2n) is 4.73. The highest BCUT2D eigenvalue weighted by Crippen LogP contribution is 2.24. The average Bonchev–Trinajstić information content (AvgIpc) is 2.64. The normalized spacial score (nSPS) is 12.1. The van der Waals surface area contributed by atoms with E-state index in [-0.39, 0.29) is 0 Å². The van der Waals surface area contributed by atoms with Gasteiger partial charge in [-0.25, -0.2) is 14.8 Å². The molecule has 0 aliphatic carbocycles. The number of rotatable bonds is 2. The number of nitrogens with zero attached hydrogens (tertiary/aromatic N) is 3. The molecule has 24 heavy (non-hydrogen) atoms. The third kappa shape index (κ3) is 4.68. The van der Waals surface area contributed by atoms with Crippen molar-refractivity contribution >= 4 is 17.6 Å². The van der Waals surface area contributed by atoms with Crippen molar-refractivity contribution in [3.8, 4) is 0 Å². The summed E-state index contributed by atoms with van der Waals surface area (Å²) in [6.07, 6.45) is 2.52. The molecule has 1 aromatic heterocycles. The van der Waals surface area contributed by atoms with Gasteiger partial charge in [0.05, 0.1) is 11.3 Å². The summed E-state index contributed by atoms with van der Waals surface area (Å²) in [5, 5.41) is 9.04. The molecule has 0 spiro atoms. The van der Waals surface area contributed by atoms with Gasteiger partial charge < -0.3 is 15.7 Å². The second-order valence-corrected chi connectivity index (χ2v) is 4.73. The molecule has 0 amide bonds. The highest BCUT2D eigenvalue weighted by Gasteiger charge is 2.19. The maximum Gasteiger partial charge on any atom is 0.335 e. The number of benzene rings is 1. The van der Waals surface area contributed by atoms with Crippen molar-refractivity contribution < 1.29 is 9.90 Å². The number of aromatic nitrogens is 2. The number of carboxylic acids is 1. The largest absolute Gasteiger partial charge is 0.478 e. The molecule has 0 bridgehead atoms.